The van der Waals surface area contributed by atoms with Crippen LogP contribution in [0.5, 0.6) is 0 Å². The Labute approximate surface area is 175 Å². The van der Waals surface area contributed by atoms with Gasteiger partial charge in [-0.15, -0.1) is 0 Å². The number of carbonyl (C=O) groups is 1. The summed E-state index contributed by atoms with van der Waals surface area (Å²) in [6, 6.07) is 15.3. The van der Waals surface area contributed by atoms with Crippen molar-refractivity contribution in [3.63, 3.8) is 0 Å². The quantitative estimate of drug-likeness (QED) is 0.712. The summed E-state index contributed by atoms with van der Waals surface area (Å²) in [5.41, 5.74) is 1.49. The zero-order chi connectivity index (χ0) is 21.7. The number of allylic oxidation sites excluding steroid dienone is 2. The first-order valence-corrected chi connectivity index (χ1v) is 11.0. The lowest BCUT2D eigenvalue weighted by Gasteiger charge is -2.29. The van der Waals surface area contributed by atoms with Crippen molar-refractivity contribution >= 4 is 15.8 Å². The largest absolute Gasteiger partial charge is 0.463 e. The summed E-state index contributed by atoms with van der Waals surface area (Å²) in [5, 5.41) is 12.7. The van der Waals surface area contributed by atoms with E-state index in [0.29, 0.717) is 11.4 Å². The lowest BCUT2D eigenvalue weighted by molar-refractivity contribution is -0.138. The van der Waals surface area contributed by atoms with E-state index in [1.165, 1.54) is 12.1 Å². The lowest BCUT2D eigenvalue weighted by atomic mass is 9.83. The lowest BCUT2D eigenvalue weighted by Crippen LogP contribution is -2.33. The molecule has 2 aromatic rings. The van der Waals surface area contributed by atoms with Crippen LogP contribution < -0.4 is 5.32 Å². The maximum Gasteiger partial charge on any atom is 0.336 e. The molecule has 1 aromatic carbocycles. The number of ether oxygens (including phenoxy) is 1. The first-order chi connectivity index (χ1) is 14.4. The van der Waals surface area contributed by atoms with Gasteiger partial charge >= 0.3 is 5.97 Å². The maximum atomic E-state index is 13.0. The van der Waals surface area contributed by atoms with Gasteiger partial charge in [0.25, 0.3) is 0 Å². The van der Waals surface area contributed by atoms with E-state index in [1.807, 2.05) is 0 Å². The minimum absolute atomic E-state index is 0.0807. The molecule has 0 aliphatic carbocycles. The molecule has 3 rings (SSSR count). The molecule has 0 saturated carbocycles. The van der Waals surface area contributed by atoms with Crippen LogP contribution in [0.25, 0.3) is 0 Å². The van der Waals surface area contributed by atoms with Gasteiger partial charge < -0.3 is 10.1 Å². The molecule has 1 aromatic heterocycles. The number of sulfone groups is 1. The van der Waals surface area contributed by atoms with Gasteiger partial charge in [0.15, 0.2) is 9.84 Å². The number of aromatic nitrogens is 1. The number of hydrogen-bond donors (Lipinski definition) is 1. The van der Waals surface area contributed by atoms with Crippen LogP contribution >= 0.6 is 0 Å². The Morgan fingerprint density at radius 3 is 2.50 bits per heavy atom. The summed E-state index contributed by atoms with van der Waals surface area (Å²) in [5.74, 6) is -1.94. The summed E-state index contributed by atoms with van der Waals surface area (Å²) in [6.07, 6.45) is 1.56. The summed E-state index contributed by atoms with van der Waals surface area (Å²) in [4.78, 5) is 17.4. The van der Waals surface area contributed by atoms with E-state index < -0.39 is 27.5 Å². The average molecular weight is 423 g/mol. The molecule has 1 atom stereocenters. The normalized spacial score (nSPS) is 16.6. The van der Waals surface area contributed by atoms with E-state index in [4.69, 9.17) is 4.74 Å². The molecule has 7 nitrogen and oxygen atoms in total. The minimum Gasteiger partial charge on any atom is -0.463 e. The molecule has 0 amide bonds. The van der Waals surface area contributed by atoms with E-state index in [2.05, 4.69) is 16.4 Å². The Morgan fingerprint density at radius 1 is 1.20 bits per heavy atom. The zero-order valence-electron chi connectivity index (χ0n) is 16.6. The van der Waals surface area contributed by atoms with Gasteiger partial charge in [-0.2, -0.15) is 5.26 Å². The van der Waals surface area contributed by atoms with Crippen molar-refractivity contribution in [3.05, 3.63) is 83.0 Å². The highest BCUT2D eigenvalue weighted by Crippen LogP contribution is 2.38. The molecule has 1 aliphatic rings. The van der Waals surface area contributed by atoms with Crippen LogP contribution in [0.2, 0.25) is 0 Å². The van der Waals surface area contributed by atoms with Crippen molar-refractivity contribution < 1.29 is 17.9 Å². The van der Waals surface area contributed by atoms with Crippen molar-refractivity contribution in [2.75, 3.05) is 12.4 Å². The van der Waals surface area contributed by atoms with Gasteiger partial charge in [0.05, 0.1) is 46.1 Å². The molecule has 1 aliphatic heterocycles. The number of nitrogens with zero attached hydrogens (tertiary/aromatic N) is 2. The minimum atomic E-state index is -3.75. The number of dihydropyridines is 1. The number of rotatable bonds is 6. The highest BCUT2D eigenvalue weighted by Gasteiger charge is 2.37. The Hall–Kier alpha value is -3.44. The third kappa shape index (κ3) is 4.26. The van der Waals surface area contributed by atoms with E-state index >= 15 is 0 Å². The van der Waals surface area contributed by atoms with E-state index in [9.17, 15) is 18.5 Å². The van der Waals surface area contributed by atoms with Gasteiger partial charge in [0, 0.05) is 17.6 Å². The molecule has 30 heavy (non-hydrogen) atoms. The molecule has 0 spiro atoms. The van der Waals surface area contributed by atoms with Gasteiger partial charge in [-0.25, -0.2) is 13.2 Å². The number of esters is 1. The summed E-state index contributed by atoms with van der Waals surface area (Å²) in [7, 11) is -3.75. The molecule has 0 radical (unpaired) electrons. The van der Waals surface area contributed by atoms with E-state index in [-0.39, 0.29) is 28.3 Å². The molecule has 0 bridgehead atoms. The van der Waals surface area contributed by atoms with Crippen molar-refractivity contribution in [2.45, 2.75) is 24.7 Å². The van der Waals surface area contributed by atoms with Gasteiger partial charge in [-0.1, -0.05) is 24.3 Å². The number of carbonyl (C=O) groups excluding carboxylic acids is 1. The molecular weight excluding hydrogens is 402 g/mol. The fourth-order valence-electron chi connectivity index (χ4n) is 3.35. The van der Waals surface area contributed by atoms with Gasteiger partial charge in [0.1, 0.15) is 0 Å². The van der Waals surface area contributed by atoms with Crippen LogP contribution in [0.3, 0.4) is 0 Å². The second kappa shape index (κ2) is 8.93. The predicted octanol–water partition coefficient (Wildman–Crippen LogP) is 2.86. The van der Waals surface area contributed by atoms with Crippen LogP contribution in [0.4, 0.5) is 0 Å². The highest BCUT2D eigenvalue weighted by atomic mass is 32.2. The van der Waals surface area contributed by atoms with Gasteiger partial charge in [-0.05, 0) is 38.1 Å². The van der Waals surface area contributed by atoms with Crippen LogP contribution in [-0.2, 0) is 19.4 Å². The fraction of sp³-hybridized carbons (Fsp3) is 0.227. The number of pyridine rings is 1. The molecule has 8 heteroatoms. The standard InChI is InChI=1S/C22H21N3O4S/c1-3-29-22(26)21-19(14-30(27,28)16-9-5-4-6-10-16)25-15(2)17(13-23)20(21)18-11-7-8-12-24-18/h4-12,20,25H,3,14H2,1-2H3. The Balaban J connectivity index is 2.18. The van der Waals surface area contributed by atoms with Crippen molar-refractivity contribution in [3.8, 4) is 6.07 Å². The molecular formula is C22H21N3O4S. The summed E-state index contributed by atoms with van der Waals surface area (Å²) >= 11 is 0. The third-order valence-electron chi connectivity index (χ3n) is 4.68. The van der Waals surface area contributed by atoms with Crippen LogP contribution in [0.1, 0.15) is 25.5 Å². The monoisotopic (exact) mass is 423 g/mol. The number of hydrogen-bond acceptors (Lipinski definition) is 7. The SMILES string of the molecule is CCOC(=O)C1=C(CS(=O)(=O)c2ccccc2)NC(C)=C(C#N)C1c1ccccn1. The first kappa shape index (κ1) is 21.3. The second-order valence-electron chi connectivity index (χ2n) is 6.65. The van der Waals surface area contributed by atoms with E-state index in [0.717, 1.165) is 0 Å². The Bertz CT molecular complexity index is 1150. The highest BCUT2D eigenvalue weighted by molar-refractivity contribution is 7.91. The number of benzene rings is 1. The second-order valence-corrected chi connectivity index (χ2v) is 8.64. The van der Waals surface area contributed by atoms with Crippen LogP contribution in [0.15, 0.2) is 82.2 Å². The molecule has 2 heterocycles. The Morgan fingerprint density at radius 2 is 1.90 bits per heavy atom. The maximum absolute atomic E-state index is 13.0. The number of nitrogens with one attached hydrogen (secondary N) is 1. The molecule has 0 fully saturated rings. The van der Waals surface area contributed by atoms with Crippen LogP contribution in [0, 0.1) is 11.3 Å². The summed E-state index contributed by atoms with van der Waals surface area (Å²) in [6.45, 7) is 3.45. The molecule has 154 valence electrons. The van der Waals surface area contributed by atoms with Crippen molar-refractivity contribution in [2.24, 2.45) is 0 Å². The van der Waals surface area contributed by atoms with Crippen molar-refractivity contribution in [1.82, 2.24) is 10.3 Å². The van der Waals surface area contributed by atoms with Crippen LogP contribution in [-0.4, -0.2) is 31.7 Å². The molecule has 1 unspecified atom stereocenters. The predicted molar refractivity (Wildman–Crippen MR) is 111 cm³/mol. The topological polar surface area (TPSA) is 109 Å². The molecule has 1 N–H and O–H groups in total. The van der Waals surface area contributed by atoms with E-state index in [1.54, 1.807) is 56.4 Å². The fourth-order valence-corrected chi connectivity index (χ4v) is 4.70. The third-order valence-corrected chi connectivity index (χ3v) is 6.34. The van der Waals surface area contributed by atoms with Gasteiger partial charge in [0.2, 0.25) is 0 Å². The Kier molecular flexibility index (Phi) is 6.33. The average Bonchev–Trinajstić information content (AvgIpc) is 2.74. The first-order valence-electron chi connectivity index (χ1n) is 9.35. The van der Waals surface area contributed by atoms with Crippen molar-refractivity contribution in [1.29, 1.82) is 5.26 Å². The zero-order valence-corrected chi connectivity index (χ0v) is 17.4. The van der Waals surface area contributed by atoms with Gasteiger partial charge in [-0.3, -0.25) is 4.98 Å². The smallest absolute Gasteiger partial charge is 0.336 e. The molecule has 0 saturated heterocycles. The summed E-state index contributed by atoms with van der Waals surface area (Å²) < 4.78 is 31.2. The number of nitriles is 1.